The number of amidine groups is 1. The van der Waals surface area contributed by atoms with Gasteiger partial charge in [-0.05, 0) is 56.9 Å². The summed E-state index contributed by atoms with van der Waals surface area (Å²) in [7, 11) is -3.53. The molecule has 2 saturated heterocycles. The molecule has 45 heavy (non-hydrogen) atoms. The lowest BCUT2D eigenvalue weighted by Gasteiger charge is -2.45. The van der Waals surface area contributed by atoms with E-state index < -0.39 is 60.2 Å². The van der Waals surface area contributed by atoms with Crippen molar-refractivity contribution in [3.05, 3.63) is 48.2 Å². The molecule has 0 saturated carbocycles. The molecule has 3 heterocycles. The van der Waals surface area contributed by atoms with Gasteiger partial charge in [-0.2, -0.15) is 15.9 Å². The second-order valence-electron chi connectivity index (χ2n) is 12.1. The molecule has 1 unspecified atom stereocenters. The molecular formula is C30H46N6O7PS+. The summed E-state index contributed by atoms with van der Waals surface area (Å²) in [5.74, 6) is -0.597. The van der Waals surface area contributed by atoms with E-state index in [2.05, 4.69) is 21.7 Å². The lowest BCUT2D eigenvalue weighted by Crippen LogP contribution is -2.49. The van der Waals surface area contributed by atoms with E-state index in [1.165, 1.54) is 12.0 Å². The van der Waals surface area contributed by atoms with Crippen LogP contribution in [0.15, 0.2) is 47.6 Å². The van der Waals surface area contributed by atoms with Gasteiger partial charge in [-0.1, -0.05) is 22.9 Å². The molecule has 1 amide bonds. The number of amides is 1. The number of nitriles is 1. The quantitative estimate of drug-likeness (QED) is 0.218. The van der Waals surface area contributed by atoms with Crippen LogP contribution in [0.2, 0.25) is 0 Å². The number of hydrogen-bond acceptors (Lipinski definition) is 11. The predicted octanol–water partition coefficient (Wildman–Crippen LogP) is 3.53. The van der Waals surface area contributed by atoms with Gasteiger partial charge in [-0.25, -0.2) is 4.99 Å². The van der Waals surface area contributed by atoms with Gasteiger partial charge in [-0.15, -0.1) is 0 Å². The highest BCUT2D eigenvalue weighted by molar-refractivity contribution is 8.24. The van der Waals surface area contributed by atoms with Gasteiger partial charge in [-0.3, -0.25) is 13.9 Å². The predicted molar refractivity (Wildman–Crippen MR) is 174 cm³/mol. The number of aliphatic hydroxyl groups excluding tert-OH is 1. The normalized spacial score (nSPS) is 29.8. The lowest BCUT2D eigenvalue weighted by atomic mass is 9.89. The first-order valence-corrected chi connectivity index (χ1v) is 18.3. The van der Waals surface area contributed by atoms with Crippen LogP contribution in [0.3, 0.4) is 0 Å². The number of nitrogens with zero attached hydrogens (tertiary/aromatic N) is 4. The maximum atomic E-state index is 14.3. The van der Waals surface area contributed by atoms with Gasteiger partial charge in [0.2, 0.25) is 6.35 Å². The molecule has 2 fully saturated rings. The fraction of sp³-hybridized carbons (Fsp3) is 0.633. The van der Waals surface area contributed by atoms with E-state index >= 15 is 0 Å². The van der Waals surface area contributed by atoms with Crippen LogP contribution in [0, 0.1) is 17.2 Å². The topological polar surface area (TPSA) is 180 Å². The van der Waals surface area contributed by atoms with Crippen LogP contribution in [-0.2, 0) is 14.0 Å². The van der Waals surface area contributed by atoms with Gasteiger partial charge < -0.3 is 30.1 Å². The summed E-state index contributed by atoms with van der Waals surface area (Å²) in [6, 6.07) is 10.7. The molecule has 0 radical (unpaired) electrons. The average Bonchev–Trinajstić information content (AvgIpc) is 3.34. The molecule has 4 rings (SSSR count). The van der Waals surface area contributed by atoms with Gasteiger partial charge in [0.25, 0.3) is 5.91 Å². The maximum absolute atomic E-state index is 14.3. The van der Waals surface area contributed by atoms with Crippen molar-refractivity contribution in [3.8, 4) is 6.07 Å². The van der Waals surface area contributed by atoms with Crippen molar-refractivity contribution in [2.75, 3.05) is 26.0 Å². The molecule has 15 heteroatoms. The van der Waals surface area contributed by atoms with Crippen molar-refractivity contribution in [1.82, 2.24) is 20.2 Å². The number of aliphatic imine (C=N–C) groups is 1. The first-order chi connectivity index (χ1) is 21.4. The van der Waals surface area contributed by atoms with Crippen molar-refractivity contribution >= 4 is 30.3 Å². The Bertz CT molecular complexity index is 1290. The largest absolute Gasteiger partial charge is 0.440 e. The van der Waals surface area contributed by atoms with Crippen LogP contribution in [0.4, 0.5) is 0 Å². The van der Waals surface area contributed by atoms with E-state index in [1.807, 2.05) is 32.4 Å². The maximum Gasteiger partial charge on any atom is 0.440 e. The highest BCUT2D eigenvalue weighted by Crippen LogP contribution is 2.53. The Balaban J connectivity index is 1.65. The van der Waals surface area contributed by atoms with Crippen molar-refractivity contribution in [2.24, 2.45) is 10.9 Å². The Hall–Kier alpha value is -2.44. The van der Waals surface area contributed by atoms with E-state index in [-0.39, 0.29) is 42.4 Å². The van der Waals surface area contributed by atoms with Crippen molar-refractivity contribution in [2.45, 2.75) is 88.3 Å². The number of carbonyl (C=O) groups is 1. The minimum Gasteiger partial charge on any atom is -0.376 e. The summed E-state index contributed by atoms with van der Waals surface area (Å²) in [5, 5.41) is 26.5. The highest BCUT2D eigenvalue weighted by Gasteiger charge is 2.59. The third kappa shape index (κ3) is 8.11. The third-order valence-electron chi connectivity index (χ3n) is 8.47. The fourth-order valence-corrected chi connectivity index (χ4v) is 10.2. The van der Waals surface area contributed by atoms with Gasteiger partial charge in [0.1, 0.15) is 11.9 Å². The number of aliphatic hydroxyl groups is 1. The second-order valence-corrected chi connectivity index (χ2v) is 16.3. The minimum absolute atomic E-state index is 0.0341. The van der Waals surface area contributed by atoms with Crippen LogP contribution in [0.25, 0.3) is 0 Å². The highest BCUT2D eigenvalue weighted by atomic mass is 32.3. The zero-order chi connectivity index (χ0) is 32.9. The standard InChI is InChI=1S/C30H45N6O7PS/c1-19(2)36(20(3)4)44(39)24(11-13-31)26-23(17-22-18-32-14-16-45(22,40)41)43-29(27(26)42-5)35-15-12-25(34-30(35)38)33-28(37)21-9-7-6-8-10-21/h6-10,12,15,19-20,22-24,26-27,29-30,32,38H,11,14,16-18H2,1-5H3,(H2-,33,34,37,40,41)/p+1/t22-,23-,24-,26+,27-,29-,30-/m1/s1. The summed E-state index contributed by atoms with van der Waals surface area (Å²) in [4.78, 5) is 18.4. The summed E-state index contributed by atoms with van der Waals surface area (Å²) < 4.78 is 50.6. The zero-order valence-corrected chi connectivity index (χ0v) is 28.1. The molecule has 1 aromatic carbocycles. The first kappa shape index (κ1) is 35.4. The van der Waals surface area contributed by atoms with Crippen molar-refractivity contribution in [3.63, 3.8) is 0 Å². The Labute approximate surface area is 267 Å². The van der Waals surface area contributed by atoms with Crippen molar-refractivity contribution < 1.29 is 33.0 Å². The molecule has 5 N–H and O–H groups in total. The van der Waals surface area contributed by atoms with Crippen LogP contribution >= 0.6 is 18.5 Å². The molecule has 0 aliphatic carbocycles. The third-order valence-corrected chi connectivity index (χ3v) is 13.2. The van der Waals surface area contributed by atoms with Gasteiger partial charge >= 0.3 is 7.95 Å². The lowest BCUT2D eigenvalue weighted by molar-refractivity contribution is -0.131. The Morgan fingerprint density at radius 2 is 1.98 bits per heavy atom. The van der Waals surface area contributed by atoms with Crippen LogP contribution < -0.4 is 10.6 Å². The molecule has 1 aromatic rings. The smallest absolute Gasteiger partial charge is 0.376 e. The molecule has 0 spiro atoms. The van der Waals surface area contributed by atoms with Gasteiger partial charge in [0.15, 0.2) is 11.9 Å². The number of hydrogen-bond donors (Lipinski definition) is 5. The van der Waals surface area contributed by atoms with Crippen molar-refractivity contribution in [1.29, 1.82) is 5.26 Å². The van der Waals surface area contributed by atoms with Crippen LogP contribution in [-0.4, -0.2) is 109 Å². The number of carbonyl (C=O) groups excluding carboxylic acids is 1. The summed E-state index contributed by atoms with van der Waals surface area (Å²) in [6.45, 7) is 8.70. The molecule has 3 aliphatic rings. The molecule has 8 atom stereocenters. The molecule has 3 aliphatic heterocycles. The Morgan fingerprint density at radius 1 is 1.29 bits per heavy atom. The van der Waals surface area contributed by atoms with E-state index in [0.717, 1.165) is 0 Å². The number of benzene rings is 1. The fourth-order valence-electron chi connectivity index (χ4n) is 6.44. The van der Waals surface area contributed by atoms with E-state index in [4.69, 9.17) is 9.47 Å². The average molecular weight is 666 g/mol. The number of nitrogens with one attached hydrogen (secondary N) is 2. The summed E-state index contributed by atoms with van der Waals surface area (Å²) in [5.41, 5.74) is -0.240. The van der Waals surface area contributed by atoms with Crippen LogP contribution in [0.5, 0.6) is 0 Å². The second kappa shape index (κ2) is 15.4. The van der Waals surface area contributed by atoms with Gasteiger partial charge in [0.05, 0.1) is 35.5 Å². The monoisotopic (exact) mass is 665 g/mol. The number of rotatable bonds is 11. The van der Waals surface area contributed by atoms with E-state index in [1.54, 1.807) is 42.6 Å². The Kier molecular flexibility index (Phi) is 12.1. The van der Waals surface area contributed by atoms with E-state index in [9.17, 15) is 28.8 Å². The number of ether oxygens (including phenoxy) is 2. The van der Waals surface area contributed by atoms with Gasteiger partial charge in [0, 0.05) is 44.0 Å². The SMILES string of the molecule is CO[C@@H]1[C@H]([C@@H](CC#N)[P+](=O)N(C(C)C)C(C)C)[C@@H](C[C@@H]2CNCCS2(O)O)O[C@H]1N1C=CC(NC(=O)c2ccccc2)=N[C@H]1O. The molecule has 248 valence electrons. The summed E-state index contributed by atoms with van der Waals surface area (Å²) >= 11 is 0. The first-order valence-electron chi connectivity index (χ1n) is 15.2. The molecule has 13 nitrogen and oxygen atoms in total. The molecule has 0 bridgehead atoms. The summed E-state index contributed by atoms with van der Waals surface area (Å²) in [6.07, 6.45) is -0.530. The Morgan fingerprint density at radius 3 is 2.56 bits per heavy atom. The van der Waals surface area contributed by atoms with Crippen LogP contribution in [0.1, 0.15) is 50.9 Å². The van der Waals surface area contributed by atoms with E-state index in [0.29, 0.717) is 18.7 Å². The zero-order valence-electron chi connectivity index (χ0n) is 26.4. The number of methoxy groups -OCH3 is 1. The molecular weight excluding hydrogens is 619 g/mol. The minimum atomic E-state index is -2.93. The molecule has 0 aromatic heterocycles.